The third kappa shape index (κ3) is 3.10. The molecule has 3 aliphatic rings. The van der Waals surface area contributed by atoms with Crippen molar-refractivity contribution in [1.82, 2.24) is 4.90 Å². The summed E-state index contributed by atoms with van der Waals surface area (Å²) in [6.07, 6.45) is 0. The summed E-state index contributed by atoms with van der Waals surface area (Å²) in [5.74, 6) is 0.830. The maximum absolute atomic E-state index is 11.1. The van der Waals surface area contributed by atoms with Crippen LogP contribution >= 0.6 is 11.3 Å². The molecule has 1 aromatic heterocycles. The van der Waals surface area contributed by atoms with Crippen LogP contribution in [0, 0.1) is 0 Å². The Kier molecular flexibility index (Phi) is 4.05. The first-order chi connectivity index (χ1) is 11.1. The largest absolute Gasteiger partial charge is 0.488 e. The molecule has 124 valence electrons. The van der Waals surface area contributed by atoms with E-state index in [-0.39, 0.29) is 0 Å². The molecule has 5 rings (SSSR count). The standard InChI is InChI=1S/C16H21N2O3S2/c19-23(20)16-12-13-11-14(1-2-15(13)22-16)21-10-9-18-6-3-17(4-7-18)5-8-18/h1-2,11-12,23H,3-10H2/q+1. The molecule has 0 spiro atoms. The zero-order chi connectivity index (χ0) is 15.9. The van der Waals surface area contributed by atoms with E-state index < -0.39 is 10.7 Å². The summed E-state index contributed by atoms with van der Waals surface area (Å²) < 4.78 is 30.7. The average molecular weight is 353 g/mol. The molecule has 23 heavy (non-hydrogen) atoms. The van der Waals surface area contributed by atoms with E-state index in [4.69, 9.17) is 4.74 Å². The SMILES string of the molecule is O=[SH](=O)c1cc2cc(OCC[N+]34CCN(CC3)CC4)ccc2s1. The molecule has 2 bridgehead atoms. The van der Waals surface area contributed by atoms with Crippen LogP contribution in [-0.2, 0) is 10.7 Å². The highest BCUT2D eigenvalue weighted by molar-refractivity contribution is 7.75. The number of nitrogens with zero attached hydrogens (tertiary/aromatic N) is 2. The van der Waals surface area contributed by atoms with E-state index in [9.17, 15) is 8.42 Å². The molecule has 0 unspecified atom stereocenters. The summed E-state index contributed by atoms with van der Waals surface area (Å²) in [6.45, 7) is 9.17. The normalized spacial score (nSPS) is 26.9. The van der Waals surface area contributed by atoms with Gasteiger partial charge in [0.2, 0.25) is 0 Å². The summed E-state index contributed by atoms with van der Waals surface area (Å²) in [4.78, 5) is 2.55. The first-order valence-electron chi connectivity index (χ1n) is 8.02. The fourth-order valence-corrected chi connectivity index (χ4v) is 5.23. The molecule has 0 radical (unpaired) electrons. The second-order valence-corrected chi connectivity index (χ2v) is 8.85. The smallest absolute Gasteiger partial charge is 0.177 e. The van der Waals surface area contributed by atoms with Crippen molar-refractivity contribution < 1.29 is 17.6 Å². The van der Waals surface area contributed by atoms with Gasteiger partial charge in [0.1, 0.15) is 23.1 Å². The monoisotopic (exact) mass is 353 g/mol. The second-order valence-electron chi connectivity index (χ2n) is 6.47. The van der Waals surface area contributed by atoms with Gasteiger partial charge in [0.15, 0.2) is 10.7 Å². The molecule has 3 fully saturated rings. The first kappa shape index (κ1) is 15.4. The number of ether oxygens (including phenoxy) is 1. The van der Waals surface area contributed by atoms with E-state index >= 15 is 0 Å². The number of thiol groups is 1. The van der Waals surface area contributed by atoms with Gasteiger partial charge in [-0.15, -0.1) is 11.3 Å². The molecule has 3 aliphatic heterocycles. The van der Waals surface area contributed by atoms with Gasteiger partial charge in [-0.3, -0.25) is 4.90 Å². The minimum absolute atomic E-state index is 0.414. The Balaban J connectivity index is 1.41. The predicted molar refractivity (Wildman–Crippen MR) is 92.1 cm³/mol. The van der Waals surface area contributed by atoms with E-state index in [2.05, 4.69) is 4.90 Å². The van der Waals surface area contributed by atoms with Gasteiger partial charge in [0, 0.05) is 24.3 Å². The summed E-state index contributed by atoms with van der Waals surface area (Å²) in [7, 11) is -2.51. The molecule has 1 aromatic carbocycles. The van der Waals surface area contributed by atoms with Crippen LogP contribution in [0.4, 0.5) is 0 Å². The highest BCUT2D eigenvalue weighted by Crippen LogP contribution is 2.30. The highest BCUT2D eigenvalue weighted by Gasteiger charge is 2.37. The topological polar surface area (TPSA) is 46.6 Å². The van der Waals surface area contributed by atoms with Gasteiger partial charge >= 0.3 is 0 Å². The van der Waals surface area contributed by atoms with Gasteiger partial charge < -0.3 is 9.22 Å². The second kappa shape index (κ2) is 6.05. The molecular formula is C16H21N2O3S2+. The number of benzene rings is 1. The molecule has 5 nitrogen and oxygen atoms in total. The van der Waals surface area contributed by atoms with Gasteiger partial charge in [-0.2, -0.15) is 0 Å². The minimum Gasteiger partial charge on any atom is -0.488 e. The van der Waals surface area contributed by atoms with Crippen molar-refractivity contribution in [3.8, 4) is 5.75 Å². The molecule has 0 N–H and O–H groups in total. The van der Waals surface area contributed by atoms with Crippen molar-refractivity contribution in [1.29, 1.82) is 0 Å². The first-order valence-corrected chi connectivity index (χ1v) is 10.0. The van der Waals surface area contributed by atoms with E-state index in [1.807, 2.05) is 18.2 Å². The van der Waals surface area contributed by atoms with Crippen LogP contribution in [0.25, 0.3) is 10.1 Å². The lowest BCUT2D eigenvalue weighted by Gasteiger charge is -2.50. The lowest BCUT2D eigenvalue weighted by atomic mass is 10.1. The third-order valence-corrected chi connectivity index (χ3v) is 7.29. The van der Waals surface area contributed by atoms with Crippen molar-refractivity contribution in [2.45, 2.75) is 4.21 Å². The molecule has 0 atom stereocenters. The molecule has 0 aliphatic carbocycles. The van der Waals surface area contributed by atoms with E-state index in [1.54, 1.807) is 6.07 Å². The number of piperazine rings is 3. The molecular weight excluding hydrogens is 332 g/mol. The average Bonchev–Trinajstić information content (AvgIpc) is 3.00. The Hall–Kier alpha value is -1.15. The molecule has 7 heteroatoms. The van der Waals surface area contributed by atoms with Gasteiger partial charge in [-0.1, -0.05) is 0 Å². The highest BCUT2D eigenvalue weighted by atomic mass is 32.2. The Morgan fingerprint density at radius 2 is 1.87 bits per heavy atom. The Morgan fingerprint density at radius 3 is 2.57 bits per heavy atom. The molecule has 2 aromatic rings. The fourth-order valence-electron chi connectivity index (χ4n) is 3.61. The quantitative estimate of drug-likeness (QED) is 0.652. The van der Waals surface area contributed by atoms with Gasteiger partial charge in [0.25, 0.3) is 0 Å². The van der Waals surface area contributed by atoms with Gasteiger partial charge in [0.05, 0.1) is 19.6 Å². The van der Waals surface area contributed by atoms with Crippen LogP contribution in [0.2, 0.25) is 0 Å². The predicted octanol–water partition coefficient (Wildman–Crippen LogP) is 1.40. The summed E-state index contributed by atoms with van der Waals surface area (Å²) in [6, 6.07) is 7.56. The zero-order valence-electron chi connectivity index (χ0n) is 12.9. The van der Waals surface area contributed by atoms with Crippen molar-refractivity contribution in [3.05, 3.63) is 24.3 Å². The maximum Gasteiger partial charge on any atom is 0.177 e. The molecule has 4 heterocycles. The number of hydrogen-bond donors (Lipinski definition) is 1. The van der Waals surface area contributed by atoms with Crippen LogP contribution in [0.3, 0.4) is 0 Å². The van der Waals surface area contributed by atoms with E-state index in [1.165, 1.54) is 55.1 Å². The van der Waals surface area contributed by atoms with Crippen molar-refractivity contribution in [2.75, 3.05) is 52.4 Å². The Labute approximate surface area is 141 Å². The zero-order valence-corrected chi connectivity index (χ0v) is 14.7. The minimum atomic E-state index is -2.51. The molecule has 0 saturated carbocycles. The lowest BCUT2D eigenvalue weighted by Crippen LogP contribution is -2.68. The van der Waals surface area contributed by atoms with Crippen molar-refractivity contribution in [2.24, 2.45) is 0 Å². The van der Waals surface area contributed by atoms with Crippen LogP contribution in [0.15, 0.2) is 28.5 Å². The van der Waals surface area contributed by atoms with E-state index in [0.29, 0.717) is 4.21 Å². The van der Waals surface area contributed by atoms with Crippen LogP contribution in [0.1, 0.15) is 0 Å². The number of thiophene rings is 1. The Morgan fingerprint density at radius 1 is 1.13 bits per heavy atom. The summed E-state index contributed by atoms with van der Waals surface area (Å²) >= 11 is 1.31. The van der Waals surface area contributed by atoms with Crippen LogP contribution in [-0.4, -0.2) is 70.2 Å². The summed E-state index contributed by atoms with van der Waals surface area (Å²) in [5, 5.41) is 0.945. The lowest BCUT2D eigenvalue weighted by molar-refractivity contribution is -0.940. The van der Waals surface area contributed by atoms with Crippen molar-refractivity contribution >= 4 is 32.1 Å². The third-order valence-electron chi connectivity index (χ3n) is 5.16. The molecule has 0 amide bonds. The Bertz CT molecular complexity index is 770. The molecule has 3 saturated heterocycles. The number of quaternary nitrogens is 1. The maximum atomic E-state index is 11.1. The number of fused-ring (bicyclic) bond motifs is 4. The van der Waals surface area contributed by atoms with Crippen LogP contribution < -0.4 is 4.74 Å². The van der Waals surface area contributed by atoms with Gasteiger partial charge in [-0.25, -0.2) is 8.42 Å². The number of rotatable bonds is 5. The van der Waals surface area contributed by atoms with Gasteiger partial charge in [-0.05, 0) is 29.7 Å². The van der Waals surface area contributed by atoms with Crippen LogP contribution in [0.5, 0.6) is 5.75 Å². The number of hydrogen-bond acceptors (Lipinski definition) is 5. The van der Waals surface area contributed by atoms with E-state index in [0.717, 1.165) is 29.0 Å². The van der Waals surface area contributed by atoms with Crippen molar-refractivity contribution in [3.63, 3.8) is 0 Å². The summed E-state index contributed by atoms with van der Waals surface area (Å²) in [5.41, 5.74) is 0. The fraction of sp³-hybridized carbons (Fsp3) is 0.500.